The fraction of sp³-hybridized carbons (Fsp3) is 0.800. The molecule has 1 aliphatic rings. The minimum atomic E-state index is 0.660. The van der Waals surface area contributed by atoms with Crippen molar-refractivity contribution in [1.29, 1.82) is 0 Å². The van der Waals surface area contributed by atoms with Gasteiger partial charge in [0.1, 0.15) is 0 Å². The summed E-state index contributed by atoms with van der Waals surface area (Å²) in [5.41, 5.74) is 1.95. The Labute approximate surface area is 115 Å². The van der Waals surface area contributed by atoms with Gasteiger partial charge in [-0.3, -0.25) is 4.98 Å². The van der Waals surface area contributed by atoms with E-state index in [0.29, 0.717) is 6.04 Å². The smallest absolute Gasteiger partial charge is 0.0794 e. The Kier molecular flexibility index (Phi) is 5.64. The molecule has 0 aliphatic heterocycles. The zero-order valence-electron chi connectivity index (χ0n) is 11.7. The highest BCUT2D eigenvalue weighted by Crippen LogP contribution is 2.32. The Hall–Kier alpha value is -0.410. The fourth-order valence-corrected chi connectivity index (χ4v) is 3.80. The van der Waals surface area contributed by atoms with Gasteiger partial charge in [-0.25, -0.2) is 0 Å². The molecule has 3 heteroatoms. The molecule has 0 amide bonds. The second-order valence-corrected chi connectivity index (χ2v) is 6.74. The number of nitrogens with one attached hydrogen (secondary N) is 1. The Morgan fingerprint density at radius 3 is 3.06 bits per heavy atom. The van der Waals surface area contributed by atoms with Gasteiger partial charge in [0.15, 0.2) is 0 Å². The largest absolute Gasteiger partial charge is 0.313 e. The molecular formula is C15H26N2S. The molecule has 102 valence electrons. The maximum atomic E-state index is 4.21. The van der Waals surface area contributed by atoms with Gasteiger partial charge in [0.2, 0.25) is 0 Å². The van der Waals surface area contributed by atoms with E-state index in [1.807, 2.05) is 11.7 Å². The van der Waals surface area contributed by atoms with Gasteiger partial charge in [-0.1, -0.05) is 26.7 Å². The van der Waals surface area contributed by atoms with Crippen LogP contribution in [0.2, 0.25) is 0 Å². The van der Waals surface area contributed by atoms with E-state index in [-0.39, 0.29) is 0 Å². The van der Waals surface area contributed by atoms with Crippen LogP contribution in [0.4, 0.5) is 0 Å². The lowest BCUT2D eigenvalue weighted by molar-refractivity contribution is 0.221. The Bertz CT molecular complexity index is 323. The van der Waals surface area contributed by atoms with Crippen LogP contribution in [0.5, 0.6) is 0 Å². The van der Waals surface area contributed by atoms with Crippen molar-refractivity contribution in [2.24, 2.45) is 11.8 Å². The molecule has 1 aromatic heterocycles. The molecule has 0 aromatic carbocycles. The van der Waals surface area contributed by atoms with E-state index >= 15 is 0 Å². The monoisotopic (exact) mass is 266 g/mol. The maximum absolute atomic E-state index is 4.21. The summed E-state index contributed by atoms with van der Waals surface area (Å²) in [6.07, 6.45) is 10.1. The van der Waals surface area contributed by atoms with Crippen molar-refractivity contribution in [3.05, 3.63) is 16.6 Å². The molecule has 3 unspecified atom stereocenters. The van der Waals surface area contributed by atoms with Crippen LogP contribution in [-0.2, 0) is 6.42 Å². The first kappa shape index (κ1) is 14.0. The van der Waals surface area contributed by atoms with E-state index in [2.05, 4.69) is 24.1 Å². The molecule has 1 saturated carbocycles. The average Bonchev–Trinajstić information content (AvgIpc) is 2.87. The van der Waals surface area contributed by atoms with Crippen LogP contribution in [0.25, 0.3) is 0 Å². The zero-order valence-corrected chi connectivity index (χ0v) is 12.5. The number of rotatable bonds is 6. The molecule has 0 spiro atoms. The summed E-state index contributed by atoms with van der Waals surface area (Å²) in [6.45, 7) is 5.81. The molecule has 1 aromatic rings. The van der Waals surface area contributed by atoms with Crippen molar-refractivity contribution in [2.45, 2.75) is 58.4 Å². The van der Waals surface area contributed by atoms with Crippen molar-refractivity contribution in [3.63, 3.8) is 0 Å². The number of thiazole rings is 1. The highest BCUT2D eigenvalue weighted by Gasteiger charge is 2.26. The van der Waals surface area contributed by atoms with Crippen molar-refractivity contribution < 1.29 is 0 Å². The lowest BCUT2D eigenvalue weighted by Gasteiger charge is -2.33. The minimum absolute atomic E-state index is 0.660. The molecule has 18 heavy (non-hydrogen) atoms. The number of hydrogen-bond donors (Lipinski definition) is 1. The predicted molar refractivity (Wildman–Crippen MR) is 79.0 cm³/mol. The van der Waals surface area contributed by atoms with Crippen molar-refractivity contribution in [3.8, 4) is 0 Å². The van der Waals surface area contributed by atoms with Crippen LogP contribution in [-0.4, -0.2) is 17.6 Å². The molecule has 0 saturated heterocycles. The van der Waals surface area contributed by atoms with Crippen LogP contribution in [0.15, 0.2) is 11.7 Å². The lowest BCUT2D eigenvalue weighted by Crippen LogP contribution is -2.40. The van der Waals surface area contributed by atoms with E-state index in [9.17, 15) is 0 Å². The maximum Gasteiger partial charge on any atom is 0.0794 e. The average molecular weight is 266 g/mol. The minimum Gasteiger partial charge on any atom is -0.313 e. The van der Waals surface area contributed by atoms with Crippen LogP contribution < -0.4 is 5.32 Å². The first-order valence-corrected chi connectivity index (χ1v) is 8.28. The second kappa shape index (κ2) is 7.25. The molecule has 1 N–H and O–H groups in total. The summed E-state index contributed by atoms with van der Waals surface area (Å²) >= 11 is 1.80. The second-order valence-electron chi connectivity index (χ2n) is 5.76. The zero-order chi connectivity index (χ0) is 12.8. The first-order chi connectivity index (χ1) is 8.79. The quantitative estimate of drug-likeness (QED) is 0.845. The molecule has 2 rings (SSSR count). The molecule has 0 radical (unpaired) electrons. The number of hydrogen-bond acceptors (Lipinski definition) is 3. The normalized spacial score (nSPS) is 26.1. The standard InChI is InChI=1S/C15H26N2S/c1-3-7-17-15(9-14-10-16-11-18-14)13-6-4-5-12(2)8-13/h10-13,15,17H,3-9H2,1-2H3. The number of aromatic nitrogens is 1. The highest BCUT2D eigenvalue weighted by atomic mass is 32.1. The molecule has 1 aliphatic carbocycles. The predicted octanol–water partition coefficient (Wildman–Crippen LogP) is 3.88. The van der Waals surface area contributed by atoms with E-state index in [0.717, 1.165) is 18.4 Å². The Balaban J connectivity index is 1.94. The third kappa shape index (κ3) is 4.06. The molecule has 3 atom stereocenters. The van der Waals surface area contributed by atoms with E-state index in [1.54, 1.807) is 11.3 Å². The summed E-state index contributed by atoms with van der Waals surface area (Å²) in [4.78, 5) is 5.64. The van der Waals surface area contributed by atoms with Crippen molar-refractivity contribution >= 4 is 11.3 Å². The van der Waals surface area contributed by atoms with E-state index in [4.69, 9.17) is 0 Å². The topological polar surface area (TPSA) is 24.9 Å². The first-order valence-electron chi connectivity index (χ1n) is 7.40. The lowest BCUT2D eigenvalue weighted by atomic mass is 9.77. The SMILES string of the molecule is CCCNC(Cc1cncs1)C1CCCC(C)C1. The van der Waals surface area contributed by atoms with Crippen molar-refractivity contribution in [1.82, 2.24) is 10.3 Å². The van der Waals surface area contributed by atoms with Crippen LogP contribution in [0.3, 0.4) is 0 Å². The van der Waals surface area contributed by atoms with Crippen LogP contribution in [0, 0.1) is 11.8 Å². The van der Waals surface area contributed by atoms with Crippen molar-refractivity contribution in [2.75, 3.05) is 6.54 Å². The third-order valence-electron chi connectivity index (χ3n) is 4.11. The van der Waals surface area contributed by atoms with Gasteiger partial charge < -0.3 is 5.32 Å². The summed E-state index contributed by atoms with van der Waals surface area (Å²) in [5.74, 6) is 1.78. The Morgan fingerprint density at radius 2 is 2.39 bits per heavy atom. The molecule has 1 fully saturated rings. The highest BCUT2D eigenvalue weighted by molar-refractivity contribution is 7.09. The molecular weight excluding hydrogens is 240 g/mol. The van der Waals surface area contributed by atoms with Gasteiger partial charge in [0.25, 0.3) is 0 Å². The summed E-state index contributed by atoms with van der Waals surface area (Å²) in [7, 11) is 0. The summed E-state index contributed by atoms with van der Waals surface area (Å²) < 4.78 is 0. The molecule has 2 nitrogen and oxygen atoms in total. The van der Waals surface area contributed by atoms with E-state index < -0.39 is 0 Å². The summed E-state index contributed by atoms with van der Waals surface area (Å²) in [5, 5.41) is 3.78. The fourth-order valence-electron chi connectivity index (χ4n) is 3.14. The molecule has 0 bridgehead atoms. The molecule has 1 heterocycles. The van der Waals surface area contributed by atoms with Gasteiger partial charge >= 0.3 is 0 Å². The van der Waals surface area contributed by atoms with Gasteiger partial charge in [-0.2, -0.15) is 0 Å². The van der Waals surface area contributed by atoms with Crippen LogP contribution >= 0.6 is 11.3 Å². The van der Waals surface area contributed by atoms with E-state index in [1.165, 1.54) is 43.4 Å². The van der Waals surface area contributed by atoms with Gasteiger partial charge in [-0.05, 0) is 44.1 Å². The third-order valence-corrected chi connectivity index (χ3v) is 4.91. The summed E-state index contributed by atoms with van der Waals surface area (Å²) in [6, 6.07) is 0.660. The van der Waals surface area contributed by atoms with Gasteiger partial charge in [0.05, 0.1) is 5.51 Å². The van der Waals surface area contributed by atoms with Gasteiger partial charge in [0, 0.05) is 17.1 Å². The number of nitrogens with zero attached hydrogens (tertiary/aromatic N) is 1. The van der Waals surface area contributed by atoms with Gasteiger partial charge in [-0.15, -0.1) is 11.3 Å². The Morgan fingerprint density at radius 1 is 1.50 bits per heavy atom. The van der Waals surface area contributed by atoms with Crippen LogP contribution in [0.1, 0.15) is 50.8 Å².